The summed E-state index contributed by atoms with van der Waals surface area (Å²) in [6.45, 7) is 9.81. The molecule has 0 heterocycles. The average molecular weight is 202 g/mol. The van der Waals surface area contributed by atoms with Gasteiger partial charge >= 0.3 is 0 Å². The first-order valence-electron chi connectivity index (χ1n) is 5.89. The summed E-state index contributed by atoms with van der Waals surface area (Å²) < 4.78 is 0. The third-order valence-corrected chi connectivity index (χ3v) is 2.32. The molecule has 0 aromatic carbocycles. The Morgan fingerprint density at radius 1 is 1.07 bits per heavy atom. The zero-order valence-corrected chi connectivity index (χ0v) is 9.76. The van der Waals surface area contributed by atoms with Gasteiger partial charge in [0.2, 0.25) is 0 Å². The molecular weight excluding hydrogens is 176 g/mol. The van der Waals surface area contributed by atoms with Crippen LogP contribution in [0.15, 0.2) is 0 Å². The zero-order valence-electron chi connectivity index (χ0n) is 9.76. The first-order valence-corrected chi connectivity index (χ1v) is 5.89. The van der Waals surface area contributed by atoms with E-state index < -0.39 is 0 Å². The number of hydrogen-bond acceptors (Lipinski definition) is 3. The Balaban J connectivity index is 3.40. The molecule has 0 unspecified atom stereocenters. The second kappa shape index (κ2) is 11.0. The minimum atomic E-state index is 0.283. The maximum atomic E-state index is 8.88. The van der Waals surface area contributed by atoms with Gasteiger partial charge in [-0.2, -0.15) is 0 Å². The van der Waals surface area contributed by atoms with Crippen molar-refractivity contribution in [1.29, 1.82) is 0 Å². The number of rotatable bonds is 10. The van der Waals surface area contributed by atoms with E-state index in [-0.39, 0.29) is 6.61 Å². The lowest BCUT2D eigenvalue weighted by Gasteiger charge is -2.20. The minimum Gasteiger partial charge on any atom is -0.395 e. The lowest BCUT2D eigenvalue weighted by Crippen LogP contribution is -2.31. The van der Waals surface area contributed by atoms with Crippen molar-refractivity contribution in [3.63, 3.8) is 0 Å². The Hall–Kier alpha value is -0.120. The van der Waals surface area contributed by atoms with Crippen molar-refractivity contribution < 1.29 is 5.11 Å². The van der Waals surface area contributed by atoms with E-state index in [2.05, 4.69) is 24.1 Å². The molecule has 0 aliphatic rings. The van der Waals surface area contributed by atoms with Crippen LogP contribution in [0.1, 0.15) is 33.1 Å². The van der Waals surface area contributed by atoms with Crippen LogP contribution in [0.3, 0.4) is 0 Å². The van der Waals surface area contributed by atoms with E-state index in [9.17, 15) is 0 Å². The van der Waals surface area contributed by atoms with Gasteiger partial charge in [0, 0.05) is 6.54 Å². The van der Waals surface area contributed by atoms with Gasteiger partial charge in [0.15, 0.2) is 0 Å². The Morgan fingerprint density at radius 2 is 1.79 bits per heavy atom. The van der Waals surface area contributed by atoms with E-state index in [4.69, 9.17) is 5.11 Å². The third kappa shape index (κ3) is 8.48. The van der Waals surface area contributed by atoms with Crippen LogP contribution in [0.2, 0.25) is 0 Å². The summed E-state index contributed by atoms with van der Waals surface area (Å²) in [5.41, 5.74) is 0. The van der Waals surface area contributed by atoms with E-state index in [0.29, 0.717) is 0 Å². The standard InChI is InChI=1S/C11H26N2O/c1-3-5-8-13(10-11-14)9-6-7-12-4-2/h12,14H,3-11H2,1-2H3. The number of hydrogen-bond donors (Lipinski definition) is 2. The summed E-state index contributed by atoms with van der Waals surface area (Å²) >= 11 is 0. The summed E-state index contributed by atoms with van der Waals surface area (Å²) in [4.78, 5) is 2.35. The highest BCUT2D eigenvalue weighted by Gasteiger charge is 2.02. The second-order valence-corrected chi connectivity index (χ2v) is 3.63. The normalized spacial score (nSPS) is 11.1. The molecule has 0 bridgehead atoms. The quantitative estimate of drug-likeness (QED) is 0.520. The van der Waals surface area contributed by atoms with Crippen LogP contribution in [0.5, 0.6) is 0 Å². The highest BCUT2D eigenvalue weighted by atomic mass is 16.3. The maximum absolute atomic E-state index is 8.88. The number of aliphatic hydroxyl groups is 1. The summed E-state index contributed by atoms with van der Waals surface area (Å²) in [5.74, 6) is 0. The van der Waals surface area contributed by atoms with Crippen molar-refractivity contribution in [3.05, 3.63) is 0 Å². The first kappa shape index (κ1) is 13.9. The van der Waals surface area contributed by atoms with Crippen molar-refractivity contribution in [2.75, 3.05) is 39.3 Å². The van der Waals surface area contributed by atoms with Gasteiger partial charge in [0.05, 0.1) is 6.61 Å². The van der Waals surface area contributed by atoms with Gasteiger partial charge in [-0.15, -0.1) is 0 Å². The smallest absolute Gasteiger partial charge is 0.0558 e. The molecule has 2 N–H and O–H groups in total. The molecule has 0 rings (SSSR count). The summed E-state index contributed by atoms with van der Waals surface area (Å²) in [6.07, 6.45) is 3.65. The Labute approximate surface area is 88.5 Å². The molecule has 0 aliphatic carbocycles. The van der Waals surface area contributed by atoms with Gasteiger partial charge in [-0.25, -0.2) is 0 Å². The molecule has 0 amide bonds. The lowest BCUT2D eigenvalue weighted by atomic mass is 10.3. The molecule has 0 saturated heterocycles. The second-order valence-electron chi connectivity index (χ2n) is 3.63. The fourth-order valence-electron chi connectivity index (χ4n) is 1.46. The van der Waals surface area contributed by atoms with E-state index in [1.807, 2.05) is 0 Å². The van der Waals surface area contributed by atoms with Crippen LogP contribution in [0.25, 0.3) is 0 Å². The van der Waals surface area contributed by atoms with E-state index in [1.165, 1.54) is 19.3 Å². The van der Waals surface area contributed by atoms with E-state index in [1.54, 1.807) is 0 Å². The average Bonchev–Trinajstić information content (AvgIpc) is 2.20. The van der Waals surface area contributed by atoms with Gasteiger partial charge < -0.3 is 15.3 Å². The van der Waals surface area contributed by atoms with Gasteiger partial charge in [-0.1, -0.05) is 20.3 Å². The fraction of sp³-hybridized carbons (Fsp3) is 1.00. The summed E-state index contributed by atoms with van der Waals surface area (Å²) in [6, 6.07) is 0. The molecule has 3 heteroatoms. The van der Waals surface area contributed by atoms with Crippen LogP contribution >= 0.6 is 0 Å². The Morgan fingerprint density at radius 3 is 2.36 bits per heavy atom. The molecule has 0 fully saturated rings. The predicted octanol–water partition coefficient (Wildman–Crippen LogP) is 1.08. The monoisotopic (exact) mass is 202 g/mol. The SMILES string of the molecule is CCCCN(CCO)CCCNCC. The third-order valence-electron chi connectivity index (χ3n) is 2.32. The summed E-state index contributed by atoms with van der Waals surface area (Å²) in [7, 11) is 0. The molecule has 3 nitrogen and oxygen atoms in total. The van der Waals surface area contributed by atoms with Crippen molar-refractivity contribution in [2.24, 2.45) is 0 Å². The van der Waals surface area contributed by atoms with Crippen LogP contribution in [-0.2, 0) is 0 Å². The maximum Gasteiger partial charge on any atom is 0.0558 e. The van der Waals surface area contributed by atoms with Gasteiger partial charge in [-0.3, -0.25) is 0 Å². The Kier molecular flexibility index (Phi) is 10.9. The number of unbranched alkanes of at least 4 members (excludes halogenated alkanes) is 1. The van der Waals surface area contributed by atoms with Crippen LogP contribution in [0.4, 0.5) is 0 Å². The minimum absolute atomic E-state index is 0.283. The highest BCUT2D eigenvalue weighted by Crippen LogP contribution is 1.95. The summed E-state index contributed by atoms with van der Waals surface area (Å²) in [5, 5.41) is 12.2. The molecule has 0 aromatic rings. The van der Waals surface area contributed by atoms with Crippen molar-refractivity contribution >= 4 is 0 Å². The van der Waals surface area contributed by atoms with Gasteiger partial charge in [0.25, 0.3) is 0 Å². The molecule has 0 aliphatic heterocycles. The van der Waals surface area contributed by atoms with E-state index in [0.717, 1.165) is 32.7 Å². The molecule has 0 radical (unpaired) electrons. The Bertz CT molecular complexity index is 109. The van der Waals surface area contributed by atoms with Crippen LogP contribution in [-0.4, -0.2) is 49.3 Å². The molecule has 86 valence electrons. The van der Waals surface area contributed by atoms with Crippen LogP contribution in [0, 0.1) is 0 Å². The number of nitrogens with zero attached hydrogens (tertiary/aromatic N) is 1. The lowest BCUT2D eigenvalue weighted by molar-refractivity contribution is 0.192. The first-order chi connectivity index (χ1) is 6.85. The molecular formula is C11H26N2O. The molecule has 0 saturated carbocycles. The molecule has 0 spiro atoms. The van der Waals surface area contributed by atoms with Crippen molar-refractivity contribution in [3.8, 4) is 0 Å². The number of aliphatic hydroxyl groups excluding tert-OH is 1. The largest absolute Gasteiger partial charge is 0.395 e. The van der Waals surface area contributed by atoms with Crippen molar-refractivity contribution in [1.82, 2.24) is 10.2 Å². The van der Waals surface area contributed by atoms with Crippen molar-refractivity contribution in [2.45, 2.75) is 33.1 Å². The zero-order chi connectivity index (χ0) is 10.6. The van der Waals surface area contributed by atoms with Crippen LogP contribution < -0.4 is 5.32 Å². The van der Waals surface area contributed by atoms with Gasteiger partial charge in [0.1, 0.15) is 0 Å². The number of nitrogens with one attached hydrogen (secondary N) is 1. The highest BCUT2D eigenvalue weighted by molar-refractivity contribution is 4.58. The molecule has 14 heavy (non-hydrogen) atoms. The van der Waals surface area contributed by atoms with E-state index >= 15 is 0 Å². The molecule has 0 aromatic heterocycles. The molecule has 0 atom stereocenters. The van der Waals surface area contributed by atoms with Gasteiger partial charge in [-0.05, 0) is 39.0 Å². The topological polar surface area (TPSA) is 35.5 Å². The predicted molar refractivity (Wildman–Crippen MR) is 61.6 cm³/mol. The fourth-order valence-corrected chi connectivity index (χ4v) is 1.46.